The number of halogens is 2. The normalized spacial score (nSPS) is 12.6. The molecule has 0 saturated carbocycles. The molecule has 90 valence electrons. The maximum atomic E-state index is 6.16. The number of thiophene rings is 1. The highest BCUT2D eigenvalue weighted by molar-refractivity contribution is 9.11. The number of pyridine rings is 1. The number of nitrogens with two attached hydrogens (primary N) is 1. The first kappa shape index (κ1) is 13.2. The fourth-order valence-corrected chi connectivity index (χ4v) is 3.59. The lowest BCUT2D eigenvalue weighted by molar-refractivity contribution is 0.633. The van der Waals surface area contributed by atoms with Crippen molar-refractivity contribution in [1.29, 1.82) is 0 Å². The Bertz CT molecular complexity index is 485. The van der Waals surface area contributed by atoms with Crippen LogP contribution >= 0.6 is 43.2 Å². The third-order valence-corrected chi connectivity index (χ3v) is 4.47. The molecule has 0 aromatic carbocycles. The molecule has 2 N–H and O–H groups in total. The largest absolute Gasteiger partial charge is 0.323 e. The Balaban J connectivity index is 2.01. The number of aromatic nitrogens is 1. The number of nitrogens with zero attached hydrogens (tertiary/aromatic N) is 1. The Morgan fingerprint density at radius 2 is 2.24 bits per heavy atom. The SMILES string of the molecule is NC(CCc1cccs1)c1ncc(Br)cc1Br. The molecule has 0 aliphatic rings. The van der Waals surface area contributed by atoms with Crippen molar-refractivity contribution in [3.05, 3.63) is 49.3 Å². The Morgan fingerprint density at radius 1 is 1.41 bits per heavy atom. The summed E-state index contributed by atoms with van der Waals surface area (Å²) < 4.78 is 1.92. The molecule has 17 heavy (non-hydrogen) atoms. The first-order valence-electron chi connectivity index (χ1n) is 5.25. The summed E-state index contributed by atoms with van der Waals surface area (Å²) in [6.07, 6.45) is 3.70. The molecule has 0 aliphatic heterocycles. The Labute approximate surface area is 122 Å². The van der Waals surface area contributed by atoms with Crippen LogP contribution in [0.4, 0.5) is 0 Å². The van der Waals surface area contributed by atoms with Gasteiger partial charge in [0.25, 0.3) is 0 Å². The van der Waals surface area contributed by atoms with Gasteiger partial charge in [0.1, 0.15) is 0 Å². The first-order chi connectivity index (χ1) is 8.16. The van der Waals surface area contributed by atoms with Crippen LogP contribution in [0.2, 0.25) is 0 Å². The van der Waals surface area contributed by atoms with Crippen molar-refractivity contribution in [2.24, 2.45) is 5.73 Å². The highest BCUT2D eigenvalue weighted by Gasteiger charge is 2.12. The first-order valence-corrected chi connectivity index (χ1v) is 7.72. The van der Waals surface area contributed by atoms with E-state index in [-0.39, 0.29) is 6.04 Å². The molecule has 2 aromatic rings. The van der Waals surface area contributed by atoms with E-state index in [2.05, 4.69) is 54.4 Å². The van der Waals surface area contributed by atoms with Gasteiger partial charge in [-0.1, -0.05) is 6.07 Å². The summed E-state index contributed by atoms with van der Waals surface area (Å²) in [5.74, 6) is 0. The van der Waals surface area contributed by atoms with Crippen molar-refractivity contribution in [3.63, 3.8) is 0 Å². The Morgan fingerprint density at radius 3 is 2.88 bits per heavy atom. The zero-order valence-corrected chi connectivity index (χ0v) is 13.1. The number of hydrogen-bond acceptors (Lipinski definition) is 3. The quantitative estimate of drug-likeness (QED) is 0.864. The fourth-order valence-electron chi connectivity index (χ4n) is 1.59. The van der Waals surface area contributed by atoms with Crippen LogP contribution in [0.3, 0.4) is 0 Å². The van der Waals surface area contributed by atoms with Gasteiger partial charge in [0.15, 0.2) is 0 Å². The van der Waals surface area contributed by atoms with Crippen LogP contribution in [-0.4, -0.2) is 4.98 Å². The molecule has 5 heteroatoms. The molecule has 2 rings (SSSR count). The van der Waals surface area contributed by atoms with E-state index in [1.165, 1.54) is 4.88 Å². The molecule has 2 heterocycles. The van der Waals surface area contributed by atoms with Crippen molar-refractivity contribution in [2.45, 2.75) is 18.9 Å². The highest BCUT2D eigenvalue weighted by atomic mass is 79.9. The third-order valence-electron chi connectivity index (χ3n) is 2.47. The summed E-state index contributed by atoms with van der Waals surface area (Å²) >= 11 is 8.65. The molecule has 0 fully saturated rings. The zero-order valence-electron chi connectivity index (χ0n) is 9.07. The highest BCUT2D eigenvalue weighted by Crippen LogP contribution is 2.26. The van der Waals surface area contributed by atoms with Gasteiger partial charge in [-0.3, -0.25) is 4.98 Å². The topological polar surface area (TPSA) is 38.9 Å². The van der Waals surface area contributed by atoms with Gasteiger partial charge < -0.3 is 5.73 Å². The predicted octanol–water partition coefficient (Wildman–Crippen LogP) is 4.30. The lowest BCUT2D eigenvalue weighted by Crippen LogP contribution is -2.13. The van der Waals surface area contributed by atoms with Gasteiger partial charge >= 0.3 is 0 Å². The van der Waals surface area contributed by atoms with Gasteiger partial charge in [-0.25, -0.2) is 0 Å². The molecule has 2 aromatic heterocycles. The second-order valence-electron chi connectivity index (χ2n) is 3.75. The van der Waals surface area contributed by atoms with Crippen molar-refractivity contribution < 1.29 is 0 Å². The Kier molecular flexibility index (Phi) is 4.73. The average molecular weight is 376 g/mol. The van der Waals surface area contributed by atoms with E-state index in [1.54, 1.807) is 17.5 Å². The molecule has 0 amide bonds. The van der Waals surface area contributed by atoms with E-state index >= 15 is 0 Å². The van der Waals surface area contributed by atoms with Crippen molar-refractivity contribution in [1.82, 2.24) is 4.98 Å². The van der Waals surface area contributed by atoms with Gasteiger partial charge in [0, 0.05) is 26.1 Å². The summed E-state index contributed by atoms with van der Waals surface area (Å²) in [6.45, 7) is 0. The number of aryl methyl sites for hydroxylation is 1. The number of rotatable bonds is 4. The Hall–Kier alpha value is -0.230. The van der Waals surface area contributed by atoms with Gasteiger partial charge in [-0.05, 0) is 62.2 Å². The van der Waals surface area contributed by atoms with Crippen molar-refractivity contribution in [3.8, 4) is 0 Å². The van der Waals surface area contributed by atoms with Crippen LogP contribution in [0.1, 0.15) is 23.0 Å². The predicted molar refractivity (Wildman–Crippen MR) is 79.2 cm³/mol. The van der Waals surface area contributed by atoms with E-state index in [4.69, 9.17) is 5.73 Å². The molecular weight excluding hydrogens is 364 g/mol. The van der Waals surface area contributed by atoms with Gasteiger partial charge in [0.2, 0.25) is 0 Å². The minimum Gasteiger partial charge on any atom is -0.323 e. The molecule has 2 nitrogen and oxygen atoms in total. The number of hydrogen-bond donors (Lipinski definition) is 1. The molecule has 0 spiro atoms. The van der Waals surface area contributed by atoms with Crippen LogP contribution in [0.25, 0.3) is 0 Å². The van der Waals surface area contributed by atoms with Crippen LogP contribution in [0.15, 0.2) is 38.7 Å². The van der Waals surface area contributed by atoms with Crippen LogP contribution < -0.4 is 5.73 Å². The minimum atomic E-state index is -0.0282. The van der Waals surface area contributed by atoms with E-state index in [0.29, 0.717) is 0 Å². The standard InChI is InChI=1S/C12H12Br2N2S/c13-8-6-10(14)12(16-7-8)11(15)4-3-9-2-1-5-17-9/h1-2,5-7,11H,3-4,15H2. The van der Waals surface area contributed by atoms with Crippen LogP contribution in [0, 0.1) is 0 Å². The van der Waals surface area contributed by atoms with Gasteiger partial charge in [-0.2, -0.15) is 0 Å². The molecule has 0 aliphatic carbocycles. The maximum Gasteiger partial charge on any atom is 0.0713 e. The fraction of sp³-hybridized carbons (Fsp3) is 0.250. The minimum absolute atomic E-state index is 0.0282. The van der Waals surface area contributed by atoms with Crippen molar-refractivity contribution >= 4 is 43.2 Å². The molecule has 1 atom stereocenters. The van der Waals surface area contributed by atoms with E-state index in [0.717, 1.165) is 27.5 Å². The summed E-state index contributed by atoms with van der Waals surface area (Å²) in [7, 11) is 0. The molecule has 0 bridgehead atoms. The maximum absolute atomic E-state index is 6.16. The monoisotopic (exact) mass is 374 g/mol. The van der Waals surface area contributed by atoms with E-state index in [1.807, 2.05) is 6.07 Å². The van der Waals surface area contributed by atoms with Crippen LogP contribution in [0.5, 0.6) is 0 Å². The molecule has 0 saturated heterocycles. The van der Waals surface area contributed by atoms with Crippen molar-refractivity contribution in [2.75, 3.05) is 0 Å². The van der Waals surface area contributed by atoms with Gasteiger partial charge in [-0.15, -0.1) is 11.3 Å². The average Bonchev–Trinajstić information content (AvgIpc) is 2.78. The van der Waals surface area contributed by atoms with Crippen LogP contribution in [-0.2, 0) is 6.42 Å². The zero-order chi connectivity index (χ0) is 12.3. The summed E-state index contributed by atoms with van der Waals surface area (Å²) in [5, 5.41) is 2.09. The smallest absolute Gasteiger partial charge is 0.0713 e. The molecule has 1 unspecified atom stereocenters. The van der Waals surface area contributed by atoms with E-state index < -0.39 is 0 Å². The van der Waals surface area contributed by atoms with E-state index in [9.17, 15) is 0 Å². The van der Waals surface area contributed by atoms with Gasteiger partial charge in [0.05, 0.1) is 5.69 Å². The molecular formula is C12H12Br2N2S. The second kappa shape index (κ2) is 6.09. The summed E-state index contributed by atoms with van der Waals surface area (Å²) in [5.41, 5.74) is 7.08. The molecule has 0 radical (unpaired) electrons. The third kappa shape index (κ3) is 3.61. The lowest BCUT2D eigenvalue weighted by atomic mass is 10.1. The second-order valence-corrected chi connectivity index (χ2v) is 6.55. The summed E-state index contributed by atoms with van der Waals surface area (Å²) in [6, 6.07) is 6.16. The summed E-state index contributed by atoms with van der Waals surface area (Å²) in [4.78, 5) is 5.73. The lowest BCUT2D eigenvalue weighted by Gasteiger charge is -2.12.